The second-order valence-electron chi connectivity index (χ2n) is 4.83. The summed E-state index contributed by atoms with van der Waals surface area (Å²) >= 11 is 0. The SMILES string of the molecule is CCCOc1ccc(S(=O)(=O)NCC(C)CNC)cc1. The fourth-order valence-electron chi connectivity index (χ4n) is 1.69. The van der Waals surface area contributed by atoms with Gasteiger partial charge in [0.1, 0.15) is 5.75 Å². The van der Waals surface area contributed by atoms with Gasteiger partial charge >= 0.3 is 0 Å². The molecule has 114 valence electrons. The van der Waals surface area contributed by atoms with Crippen LogP contribution in [0.4, 0.5) is 0 Å². The van der Waals surface area contributed by atoms with Gasteiger partial charge in [0.25, 0.3) is 0 Å². The molecule has 6 heteroatoms. The molecule has 1 rings (SSSR count). The normalized spacial score (nSPS) is 13.2. The standard InChI is InChI=1S/C14H24N2O3S/c1-4-9-19-13-5-7-14(8-6-13)20(17,18)16-11-12(2)10-15-3/h5-8,12,15-16H,4,9-11H2,1-3H3. The molecule has 0 saturated carbocycles. The lowest BCUT2D eigenvalue weighted by molar-refractivity contribution is 0.317. The van der Waals surface area contributed by atoms with Gasteiger partial charge in [0.05, 0.1) is 11.5 Å². The molecule has 0 radical (unpaired) electrons. The van der Waals surface area contributed by atoms with Gasteiger partial charge in [-0.15, -0.1) is 0 Å². The minimum atomic E-state index is -3.44. The van der Waals surface area contributed by atoms with Gasteiger partial charge in [0, 0.05) is 6.54 Å². The van der Waals surface area contributed by atoms with Crippen LogP contribution in [0.2, 0.25) is 0 Å². The number of benzene rings is 1. The Labute approximate surface area is 121 Å². The van der Waals surface area contributed by atoms with Gasteiger partial charge in [0.15, 0.2) is 0 Å². The first-order chi connectivity index (χ1) is 9.49. The molecule has 1 atom stereocenters. The zero-order chi connectivity index (χ0) is 15.0. The Morgan fingerprint density at radius 2 is 1.85 bits per heavy atom. The lowest BCUT2D eigenvalue weighted by atomic mass is 10.2. The molecule has 0 aliphatic rings. The lowest BCUT2D eigenvalue weighted by Gasteiger charge is -2.12. The van der Waals surface area contributed by atoms with E-state index in [2.05, 4.69) is 10.0 Å². The van der Waals surface area contributed by atoms with Crippen molar-refractivity contribution < 1.29 is 13.2 Å². The first-order valence-corrected chi connectivity index (χ1v) is 8.35. The average molecular weight is 300 g/mol. The number of rotatable bonds is 9. The summed E-state index contributed by atoms with van der Waals surface area (Å²) in [6.07, 6.45) is 0.922. The molecule has 0 spiro atoms. The zero-order valence-corrected chi connectivity index (χ0v) is 13.2. The highest BCUT2D eigenvalue weighted by atomic mass is 32.2. The molecule has 0 aliphatic carbocycles. The summed E-state index contributed by atoms with van der Waals surface area (Å²) in [4.78, 5) is 0.262. The van der Waals surface area contributed by atoms with E-state index in [1.165, 1.54) is 0 Å². The second-order valence-corrected chi connectivity index (χ2v) is 6.60. The maximum atomic E-state index is 12.1. The molecule has 1 aromatic rings. The Morgan fingerprint density at radius 3 is 2.40 bits per heavy atom. The summed E-state index contributed by atoms with van der Waals surface area (Å²) in [6, 6.07) is 6.49. The Morgan fingerprint density at radius 1 is 1.20 bits per heavy atom. The summed E-state index contributed by atoms with van der Waals surface area (Å²) in [5.74, 6) is 0.927. The number of hydrogen-bond donors (Lipinski definition) is 2. The molecule has 2 N–H and O–H groups in total. The number of ether oxygens (including phenoxy) is 1. The van der Waals surface area contributed by atoms with E-state index in [1.807, 2.05) is 20.9 Å². The predicted molar refractivity (Wildman–Crippen MR) is 80.5 cm³/mol. The number of sulfonamides is 1. The molecule has 0 amide bonds. The predicted octanol–water partition coefficient (Wildman–Crippen LogP) is 1.61. The van der Waals surface area contributed by atoms with E-state index >= 15 is 0 Å². The minimum absolute atomic E-state index is 0.238. The maximum absolute atomic E-state index is 12.1. The van der Waals surface area contributed by atoms with Crippen molar-refractivity contribution in [3.63, 3.8) is 0 Å². The fraction of sp³-hybridized carbons (Fsp3) is 0.571. The van der Waals surface area contributed by atoms with Gasteiger partial charge in [0.2, 0.25) is 10.0 Å². The van der Waals surface area contributed by atoms with Crippen LogP contribution >= 0.6 is 0 Å². The molecular formula is C14H24N2O3S. The van der Waals surface area contributed by atoms with Crippen molar-refractivity contribution in [1.82, 2.24) is 10.0 Å². The van der Waals surface area contributed by atoms with Gasteiger partial charge < -0.3 is 10.1 Å². The second kappa shape index (κ2) is 8.24. The van der Waals surface area contributed by atoms with E-state index in [9.17, 15) is 8.42 Å². The van der Waals surface area contributed by atoms with E-state index in [0.717, 1.165) is 13.0 Å². The highest BCUT2D eigenvalue weighted by molar-refractivity contribution is 7.89. The van der Waals surface area contributed by atoms with Crippen LogP contribution in [0.1, 0.15) is 20.3 Å². The minimum Gasteiger partial charge on any atom is -0.494 e. The van der Waals surface area contributed by atoms with Crippen molar-refractivity contribution in [2.45, 2.75) is 25.2 Å². The first kappa shape index (κ1) is 16.9. The Balaban J connectivity index is 2.63. The summed E-state index contributed by atoms with van der Waals surface area (Å²) in [5.41, 5.74) is 0. The van der Waals surface area contributed by atoms with Crippen LogP contribution in [0.3, 0.4) is 0 Å². The Kier molecular flexibility index (Phi) is 6.98. The van der Waals surface area contributed by atoms with Crippen LogP contribution in [-0.2, 0) is 10.0 Å². The maximum Gasteiger partial charge on any atom is 0.240 e. The van der Waals surface area contributed by atoms with Crippen LogP contribution in [-0.4, -0.2) is 35.2 Å². The molecular weight excluding hydrogens is 276 g/mol. The lowest BCUT2D eigenvalue weighted by Crippen LogP contribution is -2.32. The van der Waals surface area contributed by atoms with E-state index in [-0.39, 0.29) is 10.8 Å². The average Bonchev–Trinajstić information content (AvgIpc) is 2.44. The molecule has 1 aromatic carbocycles. The zero-order valence-electron chi connectivity index (χ0n) is 12.3. The van der Waals surface area contributed by atoms with E-state index < -0.39 is 10.0 Å². The molecule has 0 aliphatic heterocycles. The highest BCUT2D eigenvalue weighted by Crippen LogP contribution is 2.16. The van der Waals surface area contributed by atoms with E-state index in [0.29, 0.717) is 18.9 Å². The number of hydrogen-bond acceptors (Lipinski definition) is 4. The van der Waals surface area contributed by atoms with Crippen LogP contribution in [0.15, 0.2) is 29.2 Å². The van der Waals surface area contributed by atoms with Crippen LogP contribution in [0, 0.1) is 5.92 Å². The molecule has 1 unspecified atom stereocenters. The monoisotopic (exact) mass is 300 g/mol. The first-order valence-electron chi connectivity index (χ1n) is 6.86. The third-order valence-corrected chi connectivity index (χ3v) is 4.22. The van der Waals surface area contributed by atoms with Crippen molar-refractivity contribution >= 4 is 10.0 Å². The van der Waals surface area contributed by atoms with Gasteiger partial charge in [-0.05, 0) is 50.2 Å². The van der Waals surface area contributed by atoms with Crippen molar-refractivity contribution in [1.29, 1.82) is 0 Å². The summed E-state index contributed by atoms with van der Waals surface area (Å²) < 4.78 is 32.2. The third kappa shape index (κ3) is 5.48. The van der Waals surface area contributed by atoms with Gasteiger partial charge in [-0.2, -0.15) is 0 Å². The van der Waals surface area contributed by atoms with Crippen molar-refractivity contribution in [2.24, 2.45) is 5.92 Å². The van der Waals surface area contributed by atoms with E-state index in [1.54, 1.807) is 24.3 Å². The van der Waals surface area contributed by atoms with Crippen LogP contribution in [0.5, 0.6) is 5.75 Å². The summed E-state index contributed by atoms with van der Waals surface area (Å²) in [6.45, 7) is 5.82. The smallest absolute Gasteiger partial charge is 0.240 e. The molecule has 0 aromatic heterocycles. The summed E-state index contributed by atoms with van der Waals surface area (Å²) in [5, 5.41) is 3.02. The van der Waals surface area contributed by atoms with Gasteiger partial charge in [-0.1, -0.05) is 13.8 Å². The molecule has 0 fully saturated rings. The van der Waals surface area contributed by atoms with Gasteiger partial charge in [-0.3, -0.25) is 0 Å². The van der Waals surface area contributed by atoms with Crippen LogP contribution < -0.4 is 14.8 Å². The highest BCUT2D eigenvalue weighted by Gasteiger charge is 2.14. The number of nitrogens with one attached hydrogen (secondary N) is 2. The van der Waals surface area contributed by atoms with Crippen LogP contribution in [0.25, 0.3) is 0 Å². The summed E-state index contributed by atoms with van der Waals surface area (Å²) in [7, 11) is -1.60. The van der Waals surface area contributed by atoms with Crippen molar-refractivity contribution in [3.05, 3.63) is 24.3 Å². The molecule has 0 heterocycles. The largest absolute Gasteiger partial charge is 0.494 e. The van der Waals surface area contributed by atoms with E-state index in [4.69, 9.17) is 4.74 Å². The van der Waals surface area contributed by atoms with Crippen molar-refractivity contribution in [3.8, 4) is 5.75 Å². The topological polar surface area (TPSA) is 67.4 Å². The Bertz CT molecular complexity index is 486. The Hall–Kier alpha value is -1.11. The fourth-order valence-corrected chi connectivity index (χ4v) is 2.86. The van der Waals surface area contributed by atoms with Crippen molar-refractivity contribution in [2.75, 3.05) is 26.7 Å². The third-order valence-electron chi connectivity index (χ3n) is 2.78. The quantitative estimate of drug-likeness (QED) is 0.727. The molecule has 5 nitrogen and oxygen atoms in total. The molecule has 0 saturated heterocycles. The molecule has 0 bridgehead atoms. The van der Waals surface area contributed by atoms with Gasteiger partial charge in [-0.25, -0.2) is 13.1 Å². The molecule has 20 heavy (non-hydrogen) atoms.